The molecule has 104 valence electrons. The van der Waals surface area contributed by atoms with E-state index in [1.807, 2.05) is 12.1 Å². The number of hydrogen-bond donors (Lipinski definition) is 0. The highest BCUT2D eigenvalue weighted by Crippen LogP contribution is 2.31. The summed E-state index contributed by atoms with van der Waals surface area (Å²) in [5, 5.41) is 0. The number of anilines is 1. The Bertz CT molecular complexity index is 574. The van der Waals surface area contributed by atoms with Crippen molar-refractivity contribution in [1.29, 1.82) is 0 Å². The Morgan fingerprint density at radius 3 is 2.35 bits per heavy atom. The normalized spacial score (nSPS) is 16.4. The topological polar surface area (TPSA) is 3.24 Å². The monoisotopic (exact) mass is 333 g/mol. The first-order valence-corrected chi connectivity index (χ1v) is 7.77. The first kappa shape index (κ1) is 13.6. The lowest BCUT2D eigenvalue weighted by Crippen LogP contribution is -2.32. The molecule has 3 heteroatoms. The predicted octanol–water partition coefficient (Wildman–Crippen LogP) is 4.97. The van der Waals surface area contributed by atoms with Gasteiger partial charge < -0.3 is 4.90 Å². The van der Waals surface area contributed by atoms with E-state index in [-0.39, 0.29) is 5.82 Å². The Morgan fingerprint density at radius 1 is 1.00 bits per heavy atom. The Balaban J connectivity index is 1.66. The van der Waals surface area contributed by atoms with Gasteiger partial charge in [0.15, 0.2) is 0 Å². The Morgan fingerprint density at radius 2 is 1.70 bits per heavy atom. The Hall–Kier alpha value is -1.35. The van der Waals surface area contributed by atoms with Crippen molar-refractivity contribution in [3.05, 3.63) is 64.4 Å². The van der Waals surface area contributed by atoms with Gasteiger partial charge in [0.05, 0.1) is 0 Å². The van der Waals surface area contributed by atoms with Crippen molar-refractivity contribution in [2.24, 2.45) is 0 Å². The zero-order chi connectivity index (χ0) is 13.9. The molecule has 0 bridgehead atoms. The molecule has 0 atom stereocenters. The van der Waals surface area contributed by atoms with Crippen molar-refractivity contribution in [2.45, 2.75) is 18.8 Å². The molecule has 1 fully saturated rings. The zero-order valence-electron chi connectivity index (χ0n) is 11.2. The van der Waals surface area contributed by atoms with Gasteiger partial charge >= 0.3 is 0 Å². The van der Waals surface area contributed by atoms with Gasteiger partial charge in [0, 0.05) is 23.2 Å². The first-order valence-electron chi connectivity index (χ1n) is 6.98. The highest BCUT2D eigenvalue weighted by atomic mass is 79.9. The molecule has 0 aromatic heterocycles. The Kier molecular flexibility index (Phi) is 4.06. The molecule has 0 N–H and O–H groups in total. The van der Waals surface area contributed by atoms with E-state index in [9.17, 15) is 4.39 Å². The molecule has 0 amide bonds. The molecule has 1 aliphatic heterocycles. The van der Waals surface area contributed by atoms with Gasteiger partial charge in [-0.25, -0.2) is 4.39 Å². The van der Waals surface area contributed by atoms with Crippen LogP contribution in [0.4, 0.5) is 10.1 Å². The summed E-state index contributed by atoms with van der Waals surface area (Å²) in [6, 6.07) is 15.4. The number of halogens is 2. The predicted molar refractivity (Wildman–Crippen MR) is 84.7 cm³/mol. The van der Waals surface area contributed by atoms with Gasteiger partial charge in [-0.1, -0.05) is 28.1 Å². The van der Waals surface area contributed by atoms with E-state index in [1.165, 1.54) is 17.7 Å². The number of benzene rings is 2. The van der Waals surface area contributed by atoms with E-state index >= 15 is 0 Å². The van der Waals surface area contributed by atoms with Crippen LogP contribution in [0, 0.1) is 5.82 Å². The number of piperidine rings is 1. The summed E-state index contributed by atoms with van der Waals surface area (Å²) in [4.78, 5) is 2.34. The second-order valence-corrected chi connectivity index (χ2v) is 6.21. The SMILES string of the molecule is Fc1ccc(N2CCC(c3cccc(Br)c3)CC2)cc1. The molecule has 1 aliphatic rings. The average Bonchev–Trinajstić information content (AvgIpc) is 2.48. The van der Waals surface area contributed by atoms with Crippen molar-refractivity contribution >= 4 is 21.6 Å². The molecule has 0 spiro atoms. The maximum Gasteiger partial charge on any atom is 0.123 e. The molecule has 2 aromatic rings. The number of hydrogen-bond acceptors (Lipinski definition) is 1. The van der Waals surface area contributed by atoms with Crippen molar-refractivity contribution in [3.8, 4) is 0 Å². The third-order valence-corrected chi connectivity index (χ3v) is 4.50. The van der Waals surface area contributed by atoms with Crippen molar-refractivity contribution in [2.75, 3.05) is 18.0 Å². The molecule has 1 saturated heterocycles. The van der Waals surface area contributed by atoms with Crippen molar-refractivity contribution in [1.82, 2.24) is 0 Å². The average molecular weight is 334 g/mol. The molecule has 1 heterocycles. The second kappa shape index (κ2) is 5.96. The van der Waals surface area contributed by atoms with E-state index < -0.39 is 0 Å². The van der Waals surface area contributed by atoms with Crippen LogP contribution in [-0.2, 0) is 0 Å². The Labute approximate surface area is 127 Å². The van der Waals surface area contributed by atoms with E-state index in [4.69, 9.17) is 0 Å². The molecule has 0 unspecified atom stereocenters. The molecule has 1 nitrogen and oxygen atoms in total. The molecule has 0 saturated carbocycles. The molecule has 3 rings (SSSR count). The third-order valence-electron chi connectivity index (χ3n) is 4.01. The summed E-state index contributed by atoms with van der Waals surface area (Å²) in [6.45, 7) is 2.06. The summed E-state index contributed by atoms with van der Waals surface area (Å²) < 4.78 is 14.1. The molecule has 0 radical (unpaired) electrons. The van der Waals surface area contributed by atoms with Gasteiger partial charge in [-0.3, -0.25) is 0 Å². The zero-order valence-corrected chi connectivity index (χ0v) is 12.8. The smallest absolute Gasteiger partial charge is 0.123 e. The van der Waals surface area contributed by atoms with Crippen LogP contribution in [0.15, 0.2) is 53.0 Å². The van der Waals surface area contributed by atoms with Crippen LogP contribution in [0.2, 0.25) is 0 Å². The molecule has 20 heavy (non-hydrogen) atoms. The number of nitrogens with zero attached hydrogens (tertiary/aromatic N) is 1. The maximum absolute atomic E-state index is 13.0. The highest BCUT2D eigenvalue weighted by Gasteiger charge is 2.20. The van der Waals surface area contributed by atoms with Crippen LogP contribution in [0.25, 0.3) is 0 Å². The van der Waals surface area contributed by atoms with Crippen LogP contribution in [0.1, 0.15) is 24.3 Å². The summed E-state index contributed by atoms with van der Waals surface area (Å²) in [6.07, 6.45) is 2.29. The lowest BCUT2D eigenvalue weighted by Gasteiger charge is -2.34. The summed E-state index contributed by atoms with van der Waals surface area (Å²) in [5.74, 6) is 0.460. The van der Waals surface area contributed by atoms with Crippen molar-refractivity contribution in [3.63, 3.8) is 0 Å². The number of rotatable bonds is 2. The van der Waals surface area contributed by atoms with Gasteiger partial charge in [0.2, 0.25) is 0 Å². The lowest BCUT2D eigenvalue weighted by atomic mass is 9.89. The summed E-state index contributed by atoms with van der Waals surface area (Å²) >= 11 is 3.54. The van der Waals surface area contributed by atoms with Crippen LogP contribution in [0.3, 0.4) is 0 Å². The first-order chi connectivity index (χ1) is 9.72. The van der Waals surface area contributed by atoms with Gasteiger partial charge in [-0.2, -0.15) is 0 Å². The standard InChI is InChI=1S/C17H17BrFN/c18-15-3-1-2-14(12-15)13-8-10-20(11-9-13)17-6-4-16(19)5-7-17/h1-7,12-13H,8-11H2. The second-order valence-electron chi connectivity index (χ2n) is 5.29. The summed E-state index contributed by atoms with van der Waals surface area (Å²) in [5.41, 5.74) is 2.54. The van der Waals surface area contributed by atoms with E-state index in [2.05, 4.69) is 45.1 Å². The van der Waals surface area contributed by atoms with Gasteiger partial charge in [-0.15, -0.1) is 0 Å². The van der Waals surface area contributed by atoms with Crippen LogP contribution in [0.5, 0.6) is 0 Å². The van der Waals surface area contributed by atoms with E-state index in [0.717, 1.165) is 36.1 Å². The quantitative estimate of drug-likeness (QED) is 0.749. The van der Waals surface area contributed by atoms with Crippen LogP contribution in [-0.4, -0.2) is 13.1 Å². The van der Waals surface area contributed by atoms with Gasteiger partial charge in [0.25, 0.3) is 0 Å². The summed E-state index contributed by atoms with van der Waals surface area (Å²) in [7, 11) is 0. The fourth-order valence-corrected chi connectivity index (χ4v) is 3.30. The maximum atomic E-state index is 13.0. The lowest BCUT2D eigenvalue weighted by molar-refractivity contribution is 0.505. The van der Waals surface area contributed by atoms with Gasteiger partial charge in [-0.05, 0) is 60.7 Å². The van der Waals surface area contributed by atoms with Crippen LogP contribution < -0.4 is 4.90 Å². The molecular formula is C17H17BrFN. The fraction of sp³-hybridized carbons (Fsp3) is 0.294. The third kappa shape index (κ3) is 3.04. The van der Waals surface area contributed by atoms with E-state index in [1.54, 1.807) is 0 Å². The highest BCUT2D eigenvalue weighted by molar-refractivity contribution is 9.10. The molecule has 0 aliphatic carbocycles. The fourth-order valence-electron chi connectivity index (χ4n) is 2.88. The van der Waals surface area contributed by atoms with Crippen LogP contribution >= 0.6 is 15.9 Å². The molecule has 2 aromatic carbocycles. The largest absolute Gasteiger partial charge is 0.371 e. The minimum atomic E-state index is -0.169. The van der Waals surface area contributed by atoms with Gasteiger partial charge in [0.1, 0.15) is 5.82 Å². The van der Waals surface area contributed by atoms with Crippen molar-refractivity contribution < 1.29 is 4.39 Å². The molecular weight excluding hydrogens is 317 g/mol. The minimum absolute atomic E-state index is 0.169. The minimum Gasteiger partial charge on any atom is -0.371 e. The van der Waals surface area contributed by atoms with E-state index in [0.29, 0.717) is 5.92 Å².